The quantitative estimate of drug-likeness (QED) is 0.395. The minimum Gasteiger partial charge on any atom is -0.493 e. The van der Waals surface area contributed by atoms with Crippen molar-refractivity contribution in [2.45, 2.75) is 44.1 Å². The normalized spacial score (nSPS) is 20.2. The minimum atomic E-state index is -0.00294. The maximum absolute atomic E-state index is 6.06. The van der Waals surface area contributed by atoms with E-state index in [-0.39, 0.29) is 17.9 Å². The molecule has 0 amide bonds. The van der Waals surface area contributed by atoms with Gasteiger partial charge in [0.05, 0.1) is 45.6 Å². The highest BCUT2D eigenvalue weighted by molar-refractivity contribution is 9.10. The molecule has 32 heavy (non-hydrogen) atoms. The second-order valence-electron chi connectivity index (χ2n) is 7.83. The van der Waals surface area contributed by atoms with Gasteiger partial charge in [-0.05, 0) is 70.6 Å². The number of hydrogen-bond acceptors (Lipinski definition) is 6. The van der Waals surface area contributed by atoms with Crippen molar-refractivity contribution in [2.24, 2.45) is 0 Å². The Bertz CT molecular complexity index is 891. The van der Waals surface area contributed by atoms with E-state index in [9.17, 15) is 0 Å². The highest BCUT2D eigenvalue weighted by Gasteiger charge is 2.39. The van der Waals surface area contributed by atoms with Crippen LogP contribution in [-0.4, -0.2) is 48.3 Å². The molecular weight excluding hydrogens is 476 g/mol. The van der Waals surface area contributed by atoms with E-state index in [0.717, 1.165) is 40.8 Å². The summed E-state index contributed by atoms with van der Waals surface area (Å²) >= 11 is 3.68. The molecule has 0 aromatic heterocycles. The molecule has 1 saturated carbocycles. The minimum absolute atomic E-state index is 0.00294. The van der Waals surface area contributed by atoms with Gasteiger partial charge < -0.3 is 28.4 Å². The number of methoxy groups -OCH3 is 5. The molecule has 1 aliphatic rings. The first-order valence-corrected chi connectivity index (χ1v) is 11.6. The van der Waals surface area contributed by atoms with Gasteiger partial charge in [-0.1, -0.05) is 6.92 Å². The summed E-state index contributed by atoms with van der Waals surface area (Å²) in [6, 6.07) is 8.25. The Kier molecular flexibility index (Phi) is 8.54. The number of halogens is 1. The summed E-state index contributed by atoms with van der Waals surface area (Å²) in [6.45, 7) is 2.72. The molecule has 3 unspecified atom stereocenters. The molecule has 6 nitrogen and oxygen atoms in total. The summed E-state index contributed by atoms with van der Waals surface area (Å²) in [5.74, 6) is 3.79. The zero-order valence-electron chi connectivity index (χ0n) is 19.7. The Hall–Kier alpha value is -2.12. The van der Waals surface area contributed by atoms with Crippen molar-refractivity contribution in [1.29, 1.82) is 0 Å². The molecule has 3 rings (SSSR count). The van der Waals surface area contributed by atoms with Gasteiger partial charge in [-0.15, -0.1) is 0 Å². The second kappa shape index (κ2) is 11.1. The van der Waals surface area contributed by atoms with Gasteiger partial charge in [0.1, 0.15) is 0 Å². The maximum Gasteiger partial charge on any atom is 0.203 e. The molecule has 2 aromatic rings. The van der Waals surface area contributed by atoms with Gasteiger partial charge in [-0.2, -0.15) is 0 Å². The van der Waals surface area contributed by atoms with Crippen LogP contribution in [0.1, 0.15) is 49.1 Å². The first-order chi connectivity index (χ1) is 15.5. The average molecular weight is 509 g/mol. The highest BCUT2D eigenvalue weighted by Crippen LogP contribution is 2.50. The number of rotatable bonds is 10. The molecule has 1 aliphatic carbocycles. The van der Waals surface area contributed by atoms with E-state index in [4.69, 9.17) is 28.4 Å². The summed E-state index contributed by atoms with van der Waals surface area (Å²) in [5.41, 5.74) is 2.28. The van der Waals surface area contributed by atoms with Crippen LogP contribution in [0.5, 0.6) is 28.7 Å². The molecule has 176 valence electrons. The molecule has 0 spiro atoms. The lowest BCUT2D eigenvalue weighted by Gasteiger charge is -2.26. The molecular formula is C25H33BrO6. The van der Waals surface area contributed by atoms with Crippen LogP contribution >= 0.6 is 15.9 Å². The summed E-state index contributed by atoms with van der Waals surface area (Å²) < 4.78 is 35.1. The Labute approximate surface area is 199 Å². The Morgan fingerprint density at radius 1 is 0.750 bits per heavy atom. The maximum atomic E-state index is 6.06. The second-order valence-corrected chi connectivity index (χ2v) is 8.69. The fourth-order valence-electron chi connectivity index (χ4n) is 4.62. The lowest BCUT2D eigenvalue weighted by molar-refractivity contribution is 0.0805. The largest absolute Gasteiger partial charge is 0.493 e. The molecule has 1 fully saturated rings. The van der Waals surface area contributed by atoms with Crippen molar-refractivity contribution in [3.05, 3.63) is 39.9 Å². The predicted octanol–water partition coefficient (Wildman–Crippen LogP) is 5.95. The van der Waals surface area contributed by atoms with E-state index in [1.165, 1.54) is 5.56 Å². The summed E-state index contributed by atoms with van der Waals surface area (Å²) in [4.78, 5) is 0. The van der Waals surface area contributed by atoms with Crippen molar-refractivity contribution in [3.8, 4) is 28.7 Å². The van der Waals surface area contributed by atoms with Gasteiger partial charge in [0.2, 0.25) is 5.75 Å². The molecule has 0 bridgehead atoms. The number of hydrogen-bond donors (Lipinski definition) is 0. The molecule has 0 heterocycles. The highest BCUT2D eigenvalue weighted by atomic mass is 79.9. The van der Waals surface area contributed by atoms with Crippen LogP contribution in [0.4, 0.5) is 0 Å². The van der Waals surface area contributed by atoms with Crippen LogP contribution in [0.3, 0.4) is 0 Å². The molecule has 0 saturated heterocycles. The fraction of sp³-hybridized carbons (Fsp3) is 0.520. The first kappa shape index (κ1) is 24.5. The Morgan fingerprint density at radius 3 is 1.69 bits per heavy atom. The van der Waals surface area contributed by atoms with Crippen LogP contribution in [0.15, 0.2) is 28.7 Å². The smallest absolute Gasteiger partial charge is 0.203 e. The molecule has 7 heteroatoms. The van der Waals surface area contributed by atoms with Crippen molar-refractivity contribution < 1.29 is 28.4 Å². The van der Waals surface area contributed by atoms with Crippen molar-refractivity contribution in [3.63, 3.8) is 0 Å². The third-order valence-electron chi connectivity index (χ3n) is 6.10. The lowest BCUT2D eigenvalue weighted by Crippen LogP contribution is -2.21. The van der Waals surface area contributed by atoms with E-state index in [1.54, 1.807) is 35.5 Å². The van der Waals surface area contributed by atoms with E-state index in [2.05, 4.69) is 35.0 Å². The van der Waals surface area contributed by atoms with Crippen molar-refractivity contribution >= 4 is 15.9 Å². The third kappa shape index (κ3) is 4.79. The number of ether oxygens (including phenoxy) is 6. The monoisotopic (exact) mass is 508 g/mol. The summed E-state index contributed by atoms with van der Waals surface area (Å²) in [7, 11) is 8.34. The van der Waals surface area contributed by atoms with Gasteiger partial charge in [0.15, 0.2) is 23.0 Å². The molecule has 2 aromatic carbocycles. The Balaban J connectivity index is 1.96. The molecule has 0 radical (unpaired) electrons. The third-order valence-corrected chi connectivity index (χ3v) is 6.69. The van der Waals surface area contributed by atoms with E-state index >= 15 is 0 Å². The van der Waals surface area contributed by atoms with Gasteiger partial charge in [0.25, 0.3) is 0 Å². The van der Waals surface area contributed by atoms with Crippen molar-refractivity contribution in [2.75, 3.05) is 42.2 Å². The van der Waals surface area contributed by atoms with E-state index in [1.807, 2.05) is 12.1 Å². The summed E-state index contributed by atoms with van der Waals surface area (Å²) in [5, 5.41) is 0. The van der Waals surface area contributed by atoms with Gasteiger partial charge in [-0.25, -0.2) is 0 Å². The molecule has 3 atom stereocenters. The van der Waals surface area contributed by atoms with Crippen LogP contribution < -0.4 is 23.7 Å². The first-order valence-electron chi connectivity index (χ1n) is 10.9. The van der Waals surface area contributed by atoms with E-state index in [0.29, 0.717) is 23.9 Å². The topological polar surface area (TPSA) is 55.4 Å². The SMILES string of the molecule is CCCOc1c(Br)cc(C2CCC(c3cc(OC)c(OC)c(OC)c3)C2OC)cc1OC. The van der Waals surface area contributed by atoms with Crippen LogP contribution in [0.25, 0.3) is 0 Å². The van der Waals surface area contributed by atoms with E-state index < -0.39 is 0 Å². The summed E-state index contributed by atoms with van der Waals surface area (Å²) in [6.07, 6.45) is 2.90. The molecule has 0 N–H and O–H groups in total. The van der Waals surface area contributed by atoms with Gasteiger partial charge in [0, 0.05) is 18.9 Å². The van der Waals surface area contributed by atoms with Crippen LogP contribution in [0, 0.1) is 0 Å². The van der Waals surface area contributed by atoms with Gasteiger partial charge in [-0.3, -0.25) is 0 Å². The van der Waals surface area contributed by atoms with Crippen molar-refractivity contribution in [1.82, 2.24) is 0 Å². The lowest BCUT2D eigenvalue weighted by atomic mass is 9.89. The van der Waals surface area contributed by atoms with Crippen LogP contribution in [-0.2, 0) is 4.74 Å². The zero-order chi connectivity index (χ0) is 23.3. The Morgan fingerprint density at radius 2 is 1.25 bits per heavy atom. The number of benzene rings is 2. The average Bonchev–Trinajstić information content (AvgIpc) is 3.25. The predicted molar refractivity (Wildman–Crippen MR) is 128 cm³/mol. The van der Waals surface area contributed by atoms with Gasteiger partial charge >= 0.3 is 0 Å². The molecule has 0 aliphatic heterocycles. The fourth-order valence-corrected chi connectivity index (χ4v) is 5.20. The standard InChI is InChI=1S/C25H33BrO6/c1-7-10-32-24-19(26)11-15(12-20(24)27-2)17-8-9-18(23(17)30-5)16-13-21(28-3)25(31-6)22(14-16)29-4/h11-14,17-18,23H,7-10H2,1-6H3. The van der Waals surface area contributed by atoms with Crippen LogP contribution in [0.2, 0.25) is 0 Å². The zero-order valence-corrected chi connectivity index (χ0v) is 21.3.